The number of fused-ring (bicyclic) bond motifs is 11. The van der Waals surface area contributed by atoms with Crippen molar-refractivity contribution in [3.8, 4) is 22.3 Å². The molecule has 230 valence electrons. The summed E-state index contributed by atoms with van der Waals surface area (Å²) in [6.45, 7) is 9.43. The summed E-state index contributed by atoms with van der Waals surface area (Å²) in [6.07, 6.45) is 0. The molecule has 48 heavy (non-hydrogen) atoms. The summed E-state index contributed by atoms with van der Waals surface area (Å²) in [5, 5.41) is 4.76. The van der Waals surface area contributed by atoms with Crippen LogP contribution in [0.1, 0.15) is 49.9 Å². The minimum absolute atomic E-state index is 0.107. The Morgan fingerprint density at radius 3 is 1.67 bits per heavy atom. The second kappa shape index (κ2) is 9.49. The highest BCUT2D eigenvalue weighted by molar-refractivity contribution is 6.19. The van der Waals surface area contributed by atoms with Gasteiger partial charge in [0.1, 0.15) is 11.2 Å². The van der Waals surface area contributed by atoms with E-state index in [4.69, 9.17) is 4.42 Å². The summed E-state index contributed by atoms with van der Waals surface area (Å²) in [4.78, 5) is 2.50. The minimum atomic E-state index is -0.107. The first-order valence-electron chi connectivity index (χ1n) is 16.9. The molecule has 8 aromatic rings. The van der Waals surface area contributed by atoms with E-state index < -0.39 is 0 Å². The summed E-state index contributed by atoms with van der Waals surface area (Å²) in [5.74, 6) is 0. The Labute approximate surface area is 280 Å². The van der Waals surface area contributed by atoms with E-state index >= 15 is 0 Å². The van der Waals surface area contributed by atoms with Gasteiger partial charge in [-0.25, -0.2) is 0 Å². The van der Waals surface area contributed by atoms with Crippen molar-refractivity contribution in [3.05, 3.63) is 162 Å². The van der Waals surface area contributed by atoms with Crippen LogP contribution in [0.4, 0.5) is 17.1 Å². The quantitative estimate of drug-likeness (QED) is 0.196. The number of benzene rings is 7. The predicted molar refractivity (Wildman–Crippen MR) is 201 cm³/mol. The molecule has 0 saturated heterocycles. The van der Waals surface area contributed by atoms with Crippen molar-refractivity contribution in [1.82, 2.24) is 0 Å². The molecule has 0 fully saturated rings. The first-order valence-corrected chi connectivity index (χ1v) is 16.9. The SMILES string of the molecule is CC1(C)c2ccccc2-c2c(N(c3ccc4c(c3)oc3ccc5ccccc5c34)c3cccc4c3-c3ccccc3C4(C)C)cccc21. The molecule has 2 aliphatic carbocycles. The Morgan fingerprint density at radius 2 is 1.02 bits per heavy atom. The zero-order chi connectivity index (χ0) is 32.4. The van der Waals surface area contributed by atoms with Crippen LogP contribution < -0.4 is 4.90 Å². The van der Waals surface area contributed by atoms with Crippen LogP contribution in [0, 0.1) is 0 Å². The fourth-order valence-corrected chi connectivity index (χ4v) is 8.93. The zero-order valence-corrected chi connectivity index (χ0v) is 27.6. The van der Waals surface area contributed by atoms with Gasteiger partial charge >= 0.3 is 0 Å². The van der Waals surface area contributed by atoms with Gasteiger partial charge in [0.05, 0.1) is 11.4 Å². The maximum absolute atomic E-state index is 6.66. The van der Waals surface area contributed by atoms with Crippen LogP contribution in [0.5, 0.6) is 0 Å². The lowest BCUT2D eigenvalue weighted by Gasteiger charge is -2.31. The molecule has 0 radical (unpaired) electrons. The van der Waals surface area contributed by atoms with Crippen LogP contribution in [0.25, 0.3) is 55.0 Å². The summed E-state index contributed by atoms with van der Waals surface area (Å²) in [6, 6.07) is 51.3. The molecule has 2 aliphatic rings. The molecule has 2 nitrogen and oxygen atoms in total. The van der Waals surface area contributed by atoms with E-state index in [-0.39, 0.29) is 10.8 Å². The monoisotopic (exact) mass is 617 g/mol. The number of hydrogen-bond donors (Lipinski definition) is 0. The van der Waals surface area contributed by atoms with Crippen LogP contribution in [-0.4, -0.2) is 0 Å². The van der Waals surface area contributed by atoms with Crippen LogP contribution in [0.15, 0.2) is 144 Å². The number of furan rings is 1. The number of hydrogen-bond acceptors (Lipinski definition) is 2. The average Bonchev–Trinajstić information content (AvgIpc) is 3.69. The van der Waals surface area contributed by atoms with E-state index in [0.717, 1.165) is 22.2 Å². The molecule has 2 heteroatoms. The molecular formula is C46H35NO. The van der Waals surface area contributed by atoms with Gasteiger partial charge in [0, 0.05) is 44.5 Å². The van der Waals surface area contributed by atoms with E-state index in [0.29, 0.717) is 0 Å². The maximum atomic E-state index is 6.66. The van der Waals surface area contributed by atoms with E-state index in [1.807, 2.05) is 0 Å². The van der Waals surface area contributed by atoms with Crippen molar-refractivity contribution < 1.29 is 4.42 Å². The Balaban J connectivity index is 1.30. The van der Waals surface area contributed by atoms with Crippen molar-refractivity contribution in [2.75, 3.05) is 4.90 Å². The predicted octanol–water partition coefficient (Wildman–Crippen LogP) is 12.8. The second-order valence-electron chi connectivity index (χ2n) is 14.5. The molecule has 1 aromatic heterocycles. The summed E-state index contributed by atoms with van der Waals surface area (Å²) in [7, 11) is 0. The largest absolute Gasteiger partial charge is 0.456 e. The third-order valence-corrected chi connectivity index (χ3v) is 11.3. The number of rotatable bonds is 3. The van der Waals surface area contributed by atoms with Crippen molar-refractivity contribution in [2.24, 2.45) is 0 Å². The fraction of sp³-hybridized carbons (Fsp3) is 0.130. The highest BCUT2D eigenvalue weighted by Crippen LogP contribution is 2.58. The Bertz CT molecular complexity index is 2530. The molecule has 1 heterocycles. The highest BCUT2D eigenvalue weighted by atomic mass is 16.3. The normalized spacial score (nSPS) is 15.0. The van der Waals surface area contributed by atoms with Gasteiger partial charge in [-0.2, -0.15) is 0 Å². The smallest absolute Gasteiger partial charge is 0.137 e. The van der Waals surface area contributed by atoms with Crippen molar-refractivity contribution >= 4 is 49.8 Å². The molecule has 0 saturated carbocycles. The lowest BCUT2D eigenvalue weighted by molar-refractivity contribution is 0.660. The van der Waals surface area contributed by atoms with E-state index in [1.165, 1.54) is 72.0 Å². The number of nitrogens with zero attached hydrogens (tertiary/aromatic N) is 1. The maximum Gasteiger partial charge on any atom is 0.137 e. The summed E-state index contributed by atoms with van der Waals surface area (Å²) < 4.78 is 6.66. The molecule has 0 N–H and O–H groups in total. The third-order valence-electron chi connectivity index (χ3n) is 11.3. The van der Waals surface area contributed by atoms with E-state index in [9.17, 15) is 0 Å². The highest BCUT2D eigenvalue weighted by Gasteiger charge is 2.40. The van der Waals surface area contributed by atoms with Crippen LogP contribution in [0.3, 0.4) is 0 Å². The molecule has 0 aliphatic heterocycles. The third kappa shape index (κ3) is 3.52. The van der Waals surface area contributed by atoms with Gasteiger partial charge in [0.2, 0.25) is 0 Å². The molecule has 0 spiro atoms. The van der Waals surface area contributed by atoms with Gasteiger partial charge in [-0.15, -0.1) is 0 Å². The van der Waals surface area contributed by atoms with E-state index in [1.54, 1.807) is 0 Å². The lowest BCUT2D eigenvalue weighted by Crippen LogP contribution is -2.17. The second-order valence-corrected chi connectivity index (χ2v) is 14.5. The average molecular weight is 618 g/mol. The van der Waals surface area contributed by atoms with Gasteiger partial charge in [0.15, 0.2) is 0 Å². The van der Waals surface area contributed by atoms with Crippen molar-refractivity contribution in [1.29, 1.82) is 0 Å². The molecule has 0 bridgehead atoms. The fourth-order valence-electron chi connectivity index (χ4n) is 8.93. The Morgan fingerprint density at radius 1 is 0.458 bits per heavy atom. The standard InChI is InChI=1S/C46H35NO/c1-45(2)34-17-9-7-15-31(34)43-36(45)19-11-21-38(43)47(39-22-12-20-37-44(39)32-16-8-10-18-35(32)46(37,3)4)29-24-25-33-41(27-29)48-40-26-23-28-13-5-6-14-30(28)42(33)40/h5-27H,1-4H3. The lowest BCUT2D eigenvalue weighted by atomic mass is 9.82. The minimum Gasteiger partial charge on any atom is -0.456 e. The molecule has 0 atom stereocenters. The van der Waals surface area contributed by atoms with Crippen molar-refractivity contribution in [2.45, 2.75) is 38.5 Å². The van der Waals surface area contributed by atoms with Gasteiger partial charge in [-0.05, 0) is 74.5 Å². The first kappa shape index (κ1) is 27.5. The zero-order valence-electron chi connectivity index (χ0n) is 27.6. The van der Waals surface area contributed by atoms with E-state index in [2.05, 4.69) is 172 Å². The van der Waals surface area contributed by atoms with Gasteiger partial charge in [-0.1, -0.05) is 131 Å². The molecule has 7 aromatic carbocycles. The number of anilines is 3. The molecule has 10 rings (SSSR count). The summed E-state index contributed by atoms with van der Waals surface area (Å²) >= 11 is 0. The van der Waals surface area contributed by atoms with Crippen LogP contribution in [-0.2, 0) is 10.8 Å². The first-order chi connectivity index (χ1) is 23.3. The Kier molecular flexibility index (Phi) is 5.44. The van der Waals surface area contributed by atoms with Gasteiger partial charge < -0.3 is 9.32 Å². The molecule has 0 amide bonds. The summed E-state index contributed by atoms with van der Waals surface area (Å²) in [5.41, 5.74) is 15.7. The van der Waals surface area contributed by atoms with Crippen LogP contribution in [0.2, 0.25) is 0 Å². The van der Waals surface area contributed by atoms with Gasteiger partial charge in [-0.3, -0.25) is 0 Å². The molecule has 0 unspecified atom stereocenters. The van der Waals surface area contributed by atoms with Gasteiger partial charge in [0.25, 0.3) is 0 Å². The van der Waals surface area contributed by atoms with Crippen LogP contribution >= 0.6 is 0 Å². The Hall–Kier alpha value is -5.60. The topological polar surface area (TPSA) is 16.4 Å². The molecular weight excluding hydrogens is 583 g/mol. The van der Waals surface area contributed by atoms with Crippen molar-refractivity contribution in [3.63, 3.8) is 0 Å².